The summed E-state index contributed by atoms with van der Waals surface area (Å²) >= 11 is 0. The normalized spacial score (nSPS) is 21.1. The van der Waals surface area contributed by atoms with Gasteiger partial charge in [-0.1, -0.05) is 49.6 Å². The highest BCUT2D eigenvalue weighted by molar-refractivity contribution is 5.87. The number of primary amides is 1. The van der Waals surface area contributed by atoms with Crippen LogP contribution in [0.25, 0.3) is 0 Å². The smallest absolute Gasteiger partial charge is 0.242 e. The SMILES string of the molecule is NC(=O)CCC(=O)N1CC(=O)N(C2CCCCC2)C[C@H](OCc2ccccc2)C1. The molecule has 7 heteroatoms. The molecule has 1 aliphatic carbocycles. The van der Waals surface area contributed by atoms with Crippen LogP contribution >= 0.6 is 0 Å². The number of carbonyl (C=O) groups is 3. The van der Waals surface area contributed by atoms with Crippen LogP contribution in [0.2, 0.25) is 0 Å². The van der Waals surface area contributed by atoms with Crippen molar-refractivity contribution in [2.75, 3.05) is 19.6 Å². The largest absolute Gasteiger partial charge is 0.370 e. The Morgan fingerprint density at radius 2 is 1.76 bits per heavy atom. The average molecular weight is 402 g/mol. The van der Waals surface area contributed by atoms with Crippen LogP contribution < -0.4 is 5.73 Å². The first-order valence-corrected chi connectivity index (χ1v) is 10.5. The Hall–Kier alpha value is -2.41. The molecule has 0 unspecified atom stereocenters. The number of benzene rings is 1. The van der Waals surface area contributed by atoms with Gasteiger partial charge in [-0.3, -0.25) is 14.4 Å². The molecule has 1 saturated carbocycles. The summed E-state index contributed by atoms with van der Waals surface area (Å²) in [5, 5.41) is 0. The van der Waals surface area contributed by atoms with Gasteiger partial charge in [0, 0.05) is 32.0 Å². The predicted molar refractivity (Wildman–Crippen MR) is 109 cm³/mol. The monoisotopic (exact) mass is 401 g/mol. The molecule has 0 radical (unpaired) electrons. The van der Waals surface area contributed by atoms with Crippen LogP contribution in [-0.4, -0.2) is 59.3 Å². The van der Waals surface area contributed by atoms with E-state index in [4.69, 9.17) is 10.5 Å². The maximum absolute atomic E-state index is 13.0. The molecule has 29 heavy (non-hydrogen) atoms. The van der Waals surface area contributed by atoms with E-state index in [0.29, 0.717) is 19.7 Å². The van der Waals surface area contributed by atoms with Gasteiger partial charge in [0.1, 0.15) is 0 Å². The zero-order chi connectivity index (χ0) is 20.6. The van der Waals surface area contributed by atoms with E-state index < -0.39 is 5.91 Å². The molecule has 1 saturated heterocycles. The minimum Gasteiger partial charge on any atom is -0.370 e. The van der Waals surface area contributed by atoms with Crippen LogP contribution in [-0.2, 0) is 25.7 Å². The van der Waals surface area contributed by atoms with E-state index in [-0.39, 0.29) is 43.3 Å². The van der Waals surface area contributed by atoms with Gasteiger partial charge in [0.2, 0.25) is 17.7 Å². The molecule has 3 rings (SSSR count). The van der Waals surface area contributed by atoms with E-state index in [1.807, 2.05) is 35.2 Å². The Morgan fingerprint density at radius 1 is 1.03 bits per heavy atom. The van der Waals surface area contributed by atoms with Crippen LogP contribution in [0.5, 0.6) is 0 Å². The minimum absolute atomic E-state index is 0.00853. The van der Waals surface area contributed by atoms with Crippen LogP contribution in [0, 0.1) is 0 Å². The molecule has 1 aromatic carbocycles. The van der Waals surface area contributed by atoms with Crippen LogP contribution in [0.3, 0.4) is 0 Å². The summed E-state index contributed by atoms with van der Waals surface area (Å²) in [6, 6.07) is 10.1. The molecule has 0 aromatic heterocycles. The zero-order valence-corrected chi connectivity index (χ0v) is 16.9. The molecule has 0 bridgehead atoms. The quantitative estimate of drug-likeness (QED) is 0.754. The van der Waals surface area contributed by atoms with Crippen molar-refractivity contribution < 1.29 is 19.1 Å². The summed E-state index contributed by atoms with van der Waals surface area (Å²) in [6.45, 7) is 1.32. The van der Waals surface area contributed by atoms with Crippen molar-refractivity contribution in [3.63, 3.8) is 0 Å². The highest BCUT2D eigenvalue weighted by Crippen LogP contribution is 2.25. The second-order valence-corrected chi connectivity index (χ2v) is 8.00. The molecule has 1 heterocycles. The van der Waals surface area contributed by atoms with Crippen molar-refractivity contribution in [2.24, 2.45) is 5.73 Å². The van der Waals surface area contributed by atoms with Crippen molar-refractivity contribution in [3.8, 4) is 0 Å². The lowest BCUT2D eigenvalue weighted by molar-refractivity contribution is -0.140. The van der Waals surface area contributed by atoms with E-state index in [2.05, 4.69) is 0 Å². The van der Waals surface area contributed by atoms with Gasteiger partial charge in [0.25, 0.3) is 0 Å². The van der Waals surface area contributed by atoms with E-state index in [0.717, 1.165) is 31.2 Å². The maximum atomic E-state index is 13.0. The lowest BCUT2D eigenvalue weighted by Gasteiger charge is -2.34. The van der Waals surface area contributed by atoms with Gasteiger partial charge in [-0.05, 0) is 18.4 Å². The third-order valence-electron chi connectivity index (χ3n) is 5.75. The van der Waals surface area contributed by atoms with Gasteiger partial charge >= 0.3 is 0 Å². The molecule has 3 amide bonds. The third-order valence-corrected chi connectivity index (χ3v) is 5.75. The first kappa shape index (κ1) is 21.3. The van der Waals surface area contributed by atoms with Crippen molar-refractivity contribution in [3.05, 3.63) is 35.9 Å². The summed E-state index contributed by atoms with van der Waals surface area (Å²) in [5.41, 5.74) is 6.23. The molecule has 1 aliphatic heterocycles. The van der Waals surface area contributed by atoms with Crippen LogP contribution in [0.15, 0.2) is 30.3 Å². The van der Waals surface area contributed by atoms with E-state index in [1.54, 1.807) is 0 Å². The summed E-state index contributed by atoms with van der Waals surface area (Å²) < 4.78 is 6.14. The number of ether oxygens (including phenoxy) is 1. The topological polar surface area (TPSA) is 92.9 Å². The molecule has 2 N–H and O–H groups in total. The minimum atomic E-state index is -0.514. The van der Waals surface area contributed by atoms with Gasteiger partial charge in [0.05, 0.1) is 19.3 Å². The predicted octanol–water partition coefficient (Wildman–Crippen LogP) is 1.84. The Balaban J connectivity index is 1.70. The second kappa shape index (κ2) is 10.4. The molecular weight excluding hydrogens is 370 g/mol. The van der Waals surface area contributed by atoms with Crippen LogP contribution in [0.4, 0.5) is 0 Å². The van der Waals surface area contributed by atoms with Gasteiger partial charge in [-0.2, -0.15) is 0 Å². The van der Waals surface area contributed by atoms with E-state index >= 15 is 0 Å². The number of nitrogens with two attached hydrogens (primary N) is 1. The van der Waals surface area contributed by atoms with E-state index in [9.17, 15) is 14.4 Å². The van der Waals surface area contributed by atoms with Gasteiger partial charge < -0.3 is 20.3 Å². The zero-order valence-electron chi connectivity index (χ0n) is 16.9. The fourth-order valence-corrected chi connectivity index (χ4v) is 4.16. The average Bonchev–Trinajstić information content (AvgIpc) is 2.90. The van der Waals surface area contributed by atoms with Gasteiger partial charge in [-0.15, -0.1) is 0 Å². The number of hydrogen-bond donors (Lipinski definition) is 1. The second-order valence-electron chi connectivity index (χ2n) is 8.00. The maximum Gasteiger partial charge on any atom is 0.242 e. The Bertz CT molecular complexity index is 703. The fraction of sp³-hybridized carbons (Fsp3) is 0.591. The Kier molecular flexibility index (Phi) is 7.63. The standard InChI is InChI=1S/C22H31N3O4/c23-20(26)11-12-21(27)24-13-19(29-16-17-7-3-1-4-8-17)14-25(22(28)15-24)18-9-5-2-6-10-18/h1,3-4,7-8,18-19H,2,5-6,9-16H2,(H2,23,26)/t19-/m1/s1. The molecule has 0 spiro atoms. The molecule has 158 valence electrons. The summed E-state index contributed by atoms with van der Waals surface area (Å²) in [7, 11) is 0. The van der Waals surface area contributed by atoms with Crippen molar-refractivity contribution in [1.29, 1.82) is 0 Å². The Labute approximate surface area is 172 Å². The lowest BCUT2D eigenvalue weighted by atomic mass is 9.94. The lowest BCUT2D eigenvalue weighted by Crippen LogP contribution is -2.46. The molecule has 1 aromatic rings. The number of hydrogen-bond acceptors (Lipinski definition) is 4. The molecular formula is C22H31N3O4. The molecule has 2 fully saturated rings. The van der Waals surface area contributed by atoms with Crippen LogP contribution in [0.1, 0.15) is 50.5 Å². The number of rotatable bonds is 7. The summed E-state index contributed by atoms with van der Waals surface area (Å²) in [4.78, 5) is 40.1. The summed E-state index contributed by atoms with van der Waals surface area (Å²) in [5.74, 6) is -0.772. The number of nitrogens with zero attached hydrogens (tertiary/aromatic N) is 2. The van der Waals surface area contributed by atoms with Crippen molar-refractivity contribution in [2.45, 2.75) is 63.7 Å². The highest BCUT2D eigenvalue weighted by atomic mass is 16.5. The summed E-state index contributed by atoms with van der Waals surface area (Å²) in [6.07, 6.45) is 5.24. The molecule has 7 nitrogen and oxygen atoms in total. The van der Waals surface area contributed by atoms with E-state index in [1.165, 1.54) is 11.3 Å². The van der Waals surface area contributed by atoms with Gasteiger partial charge in [0.15, 0.2) is 0 Å². The Morgan fingerprint density at radius 3 is 2.45 bits per heavy atom. The number of carbonyl (C=O) groups excluding carboxylic acids is 3. The first-order valence-electron chi connectivity index (χ1n) is 10.5. The molecule has 2 aliphatic rings. The highest BCUT2D eigenvalue weighted by Gasteiger charge is 2.34. The van der Waals surface area contributed by atoms with Gasteiger partial charge in [-0.25, -0.2) is 0 Å². The van der Waals surface area contributed by atoms with Crippen molar-refractivity contribution in [1.82, 2.24) is 9.80 Å². The molecule has 1 atom stereocenters. The number of amides is 3. The fourth-order valence-electron chi connectivity index (χ4n) is 4.16. The first-order chi connectivity index (χ1) is 14.0. The van der Waals surface area contributed by atoms with Crippen molar-refractivity contribution >= 4 is 17.7 Å². The third kappa shape index (κ3) is 6.29.